The lowest BCUT2D eigenvalue weighted by Crippen LogP contribution is -2.63. The first-order valence-corrected chi connectivity index (χ1v) is 17.1. The maximum Gasteiger partial charge on any atom is 0.412 e. The topological polar surface area (TPSA) is 188 Å². The molecule has 1 aromatic rings. The molecule has 0 radical (unpaired) electrons. The average molecular weight is 704 g/mol. The Morgan fingerprint density at radius 2 is 1.34 bits per heavy atom. The highest BCUT2D eigenvalue weighted by atomic mass is 16.7. The van der Waals surface area contributed by atoms with Crippen molar-refractivity contribution in [3.05, 3.63) is 55.6 Å². The minimum absolute atomic E-state index is 0.0689. The molecule has 278 valence electrons. The molecule has 1 aliphatic heterocycles. The van der Waals surface area contributed by atoms with Gasteiger partial charge in [0.2, 0.25) is 11.8 Å². The number of allylic oxidation sites excluding steroid dienone is 2. The van der Waals surface area contributed by atoms with Crippen LogP contribution in [0.5, 0.6) is 0 Å². The summed E-state index contributed by atoms with van der Waals surface area (Å²) < 4.78 is 28.8. The van der Waals surface area contributed by atoms with Crippen LogP contribution in [0.3, 0.4) is 0 Å². The Balaban J connectivity index is 2.46. The van der Waals surface area contributed by atoms with Gasteiger partial charge in [-0.05, 0) is 37.8 Å². The number of aliphatic hydroxyl groups is 1. The van der Waals surface area contributed by atoms with E-state index < -0.39 is 67.2 Å². The van der Waals surface area contributed by atoms with E-state index in [1.54, 1.807) is 30.3 Å². The lowest BCUT2D eigenvalue weighted by atomic mass is 9.96. The van der Waals surface area contributed by atoms with Crippen molar-refractivity contribution in [2.75, 3.05) is 32.1 Å². The summed E-state index contributed by atoms with van der Waals surface area (Å²) in [6, 6.07) is 8.39. The summed E-state index contributed by atoms with van der Waals surface area (Å²) in [5, 5.41) is 18.4. The molecule has 0 spiro atoms. The molecule has 1 fully saturated rings. The predicted octanol–water partition coefficient (Wildman–Crippen LogP) is 3.79. The summed E-state index contributed by atoms with van der Waals surface area (Å²) in [4.78, 5) is 65.8. The van der Waals surface area contributed by atoms with Gasteiger partial charge in [-0.1, -0.05) is 57.0 Å². The maximum atomic E-state index is 13.8. The molecule has 0 bridgehead atoms. The SMILES string of the molecule is C=CC[C@H](CC(=O)NCCCC)C(=O)O[C@H]1[C@@H](OC(=O)Nc2ccccc2)[C@@H](CO)O[C@H](OC)[C@@H]1OC(=O)[C@@H](CC=C)CC(=O)NCCCC. The number of rotatable bonds is 22. The van der Waals surface area contributed by atoms with E-state index in [1.807, 2.05) is 13.8 Å². The smallest absolute Gasteiger partial charge is 0.412 e. The molecule has 0 saturated carbocycles. The molecule has 50 heavy (non-hydrogen) atoms. The first kappa shape index (κ1) is 41.9. The molecule has 0 aromatic heterocycles. The van der Waals surface area contributed by atoms with Gasteiger partial charge in [-0.3, -0.25) is 24.5 Å². The zero-order chi connectivity index (χ0) is 36.9. The number of unbranched alkanes of at least 4 members (excludes halogenated alkanes) is 2. The number of hydrogen-bond acceptors (Lipinski definition) is 11. The van der Waals surface area contributed by atoms with Gasteiger partial charge < -0.3 is 39.4 Å². The molecule has 1 heterocycles. The van der Waals surface area contributed by atoms with Crippen LogP contribution in [0.1, 0.15) is 65.2 Å². The van der Waals surface area contributed by atoms with Crippen molar-refractivity contribution in [3.8, 4) is 0 Å². The molecule has 4 N–H and O–H groups in total. The Labute approximate surface area is 294 Å². The molecule has 1 aliphatic rings. The van der Waals surface area contributed by atoms with Crippen LogP contribution in [0.4, 0.5) is 10.5 Å². The Bertz CT molecular complexity index is 1240. The lowest BCUT2D eigenvalue weighted by Gasteiger charge is -2.44. The van der Waals surface area contributed by atoms with Gasteiger partial charge in [-0.25, -0.2) is 4.79 Å². The van der Waals surface area contributed by atoms with Crippen molar-refractivity contribution in [2.24, 2.45) is 11.8 Å². The van der Waals surface area contributed by atoms with Gasteiger partial charge in [0.1, 0.15) is 6.10 Å². The fraction of sp³-hybridized carbons (Fsp3) is 0.583. The van der Waals surface area contributed by atoms with Crippen LogP contribution in [-0.4, -0.2) is 92.5 Å². The van der Waals surface area contributed by atoms with E-state index in [4.69, 9.17) is 23.7 Å². The van der Waals surface area contributed by atoms with E-state index in [1.165, 1.54) is 19.3 Å². The lowest BCUT2D eigenvalue weighted by molar-refractivity contribution is -0.300. The summed E-state index contributed by atoms with van der Waals surface area (Å²) >= 11 is 0. The normalized spacial score (nSPS) is 21.1. The van der Waals surface area contributed by atoms with Gasteiger partial charge in [0.25, 0.3) is 0 Å². The third-order valence-electron chi connectivity index (χ3n) is 7.91. The number of anilines is 1. The van der Waals surface area contributed by atoms with Crippen LogP contribution in [0.15, 0.2) is 55.6 Å². The van der Waals surface area contributed by atoms with Gasteiger partial charge in [0.15, 0.2) is 24.6 Å². The summed E-state index contributed by atoms with van der Waals surface area (Å²) in [6.45, 7) is 11.5. The zero-order valence-electron chi connectivity index (χ0n) is 29.3. The number of esters is 2. The number of aliphatic hydroxyl groups excluding tert-OH is 1. The average Bonchev–Trinajstić information content (AvgIpc) is 3.09. The molecular formula is C36H53N3O11. The Hall–Kier alpha value is -4.27. The highest BCUT2D eigenvalue weighted by molar-refractivity contribution is 5.85. The van der Waals surface area contributed by atoms with Gasteiger partial charge in [-0.15, -0.1) is 13.2 Å². The van der Waals surface area contributed by atoms with Gasteiger partial charge in [0.05, 0.1) is 18.4 Å². The Morgan fingerprint density at radius 1 is 0.820 bits per heavy atom. The first-order chi connectivity index (χ1) is 24.1. The van der Waals surface area contributed by atoms with E-state index in [2.05, 4.69) is 29.1 Å². The number of methoxy groups -OCH3 is 1. The third-order valence-corrected chi connectivity index (χ3v) is 7.91. The zero-order valence-corrected chi connectivity index (χ0v) is 29.3. The molecule has 0 unspecified atom stereocenters. The van der Waals surface area contributed by atoms with E-state index >= 15 is 0 Å². The summed E-state index contributed by atoms with van der Waals surface area (Å²) in [5.74, 6) is -4.43. The van der Waals surface area contributed by atoms with E-state index in [0.717, 1.165) is 25.7 Å². The number of benzene rings is 1. The summed E-state index contributed by atoms with van der Waals surface area (Å²) in [5.41, 5.74) is 0.394. The van der Waals surface area contributed by atoms with Crippen LogP contribution in [0, 0.1) is 11.8 Å². The van der Waals surface area contributed by atoms with Crippen LogP contribution in [0.25, 0.3) is 0 Å². The van der Waals surface area contributed by atoms with Gasteiger partial charge in [0, 0.05) is 38.7 Å². The number of hydrogen-bond donors (Lipinski definition) is 4. The van der Waals surface area contributed by atoms with Crippen molar-refractivity contribution in [1.82, 2.24) is 10.6 Å². The Morgan fingerprint density at radius 3 is 1.80 bits per heavy atom. The number of carbonyl (C=O) groups excluding carboxylic acids is 5. The van der Waals surface area contributed by atoms with Crippen LogP contribution in [-0.2, 0) is 42.9 Å². The summed E-state index contributed by atoms with van der Waals surface area (Å²) in [7, 11) is 1.26. The molecule has 2 rings (SSSR count). The maximum absolute atomic E-state index is 13.8. The quantitative estimate of drug-likeness (QED) is 0.0596. The molecule has 1 saturated heterocycles. The van der Waals surface area contributed by atoms with Crippen molar-refractivity contribution < 1.29 is 52.8 Å². The van der Waals surface area contributed by atoms with Crippen molar-refractivity contribution in [3.63, 3.8) is 0 Å². The van der Waals surface area contributed by atoms with Crippen LogP contribution < -0.4 is 16.0 Å². The Kier molecular flexibility index (Phi) is 19.4. The van der Waals surface area contributed by atoms with Gasteiger partial charge >= 0.3 is 18.0 Å². The second kappa shape index (κ2) is 23.2. The van der Waals surface area contributed by atoms with Crippen LogP contribution in [0.2, 0.25) is 0 Å². The number of carbonyl (C=O) groups is 5. The highest BCUT2D eigenvalue weighted by Gasteiger charge is 2.53. The second-order valence-electron chi connectivity index (χ2n) is 11.9. The summed E-state index contributed by atoms with van der Waals surface area (Å²) in [6.07, 6.45) is -2.38. The number of para-hydroxylation sites is 1. The van der Waals surface area contributed by atoms with Crippen molar-refractivity contribution in [2.45, 2.75) is 95.9 Å². The largest absolute Gasteiger partial charge is 0.454 e. The predicted molar refractivity (Wildman–Crippen MR) is 185 cm³/mol. The van der Waals surface area contributed by atoms with E-state index in [9.17, 15) is 29.1 Å². The number of nitrogens with one attached hydrogen (secondary N) is 3. The third kappa shape index (κ3) is 13.9. The van der Waals surface area contributed by atoms with E-state index in [-0.39, 0.29) is 37.5 Å². The first-order valence-electron chi connectivity index (χ1n) is 17.1. The fourth-order valence-corrected chi connectivity index (χ4v) is 5.20. The molecule has 0 aliphatic carbocycles. The van der Waals surface area contributed by atoms with E-state index in [0.29, 0.717) is 18.8 Å². The number of ether oxygens (including phenoxy) is 5. The molecule has 14 heteroatoms. The standard InChI is InChI=1S/C36H53N3O11/c1-6-10-19-37-28(41)21-24(15-8-3)33(43)48-31-30(50-36(45)39-26-17-13-12-14-18-26)27(23-40)47-35(46-5)32(31)49-34(44)25(16-9-4)22-29(42)38-20-11-7-2/h8-9,12-14,17-18,24-25,27,30-32,35,40H,3-4,6-7,10-11,15-16,19-23H2,1-2,5H3,(H,37,41)(H,38,42)(H,39,45)/t24-,25+,27-,30+,31+,32-,35+/m1/s1. The number of amides is 3. The minimum atomic E-state index is -1.58. The van der Waals surface area contributed by atoms with Crippen molar-refractivity contribution in [1.29, 1.82) is 0 Å². The van der Waals surface area contributed by atoms with Gasteiger partial charge in [-0.2, -0.15) is 0 Å². The monoisotopic (exact) mass is 703 g/mol. The molecule has 1 aromatic carbocycles. The molecule has 14 nitrogen and oxygen atoms in total. The van der Waals surface area contributed by atoms with Crippen LogP contribution >= 0.6 is 0 Å². The second-order valence-corrected chi connectivity index (χ2v) is 11.9. The van der Waals surface area contributed by atoms with Crippen molar-refractivity contribution >= 4 is 35.5 Å². The minimum Gasteiger partial charge on any atom is -0.454 e. The molecule has 3 amide bonds. The highest BCUT2D eigenvalue weighted by Crippen LogP contribution is 2.31. The molecule has 7 atom stereocenters. The fourth-order valence-electron chi connectivity index (χ4n) is 5.20. The molecular weight excluding hydrogens is 650 g/mol.